The molecule has 0 unspecified atom stereocenters. The van der Waals surface area contributed by atoms with E-state index in [1.807, 2.05) is 0 Å². The maximum atomic E-state index is 14.0. The minimum atomic E-state index is -1.09. The molecular formula is C23H16F2O3. The van der Waals surface area contributed by atoms with Crippen LogP contribution in [0.3, 0.4) is 0 Å². The minimum absolute atomic E-state index is 0.225. The summed E-state index contributed by atoms with van der Waals surface area (Å²) in [5, 5.41) is 0. The molecule has 2 atom stereocenters. The standard InChI is InChI=1S/C23H16F2O3/c1-13(26)21(23(27)14-6-8-15(24)9-7-14)22-17-4-2-3-5-19(17)28-20-11-10-16(25)12-18(20)22/h2-12,21-22H,1H3/t21-,22+/m1/s1. The molecule has 0 radical (unpaired) electrons. The van der Waals surface area contributed by atoms with Gasteiger partial charge in [-0.2, -0.15) is 0 Å². The number of Topliss-reactive ketones (excluding diaryl/α,β-unsaturated/α-hetero) is 2. The zero-order valence-corrected chi connectivity index (χ0v) is 15.0. The molecule has 1 aliphatic heterocycles. The third-order valence-corrected chi connectivity index (χ3v) is 4.96. The van der Waals surface area contributed by atoms with Gasteiger partial charge in [0.1, 0.15) is 28.9 Å². The highest BCUT2D eigenvalue weighted by atomic mass is 19.1. The molecule has 0 saturated carbocycles. The molecule has 3 nitrogen and oxygen atoms in total. The van der Waals surface area contributed by atoms with Crippen LogP contribution in [0.5, 0.6) is 11.5 Å². The lowest BCUT2D eigenvalue weighted by Gasteiger charge is -2.32. The summed E-state index contributed by atoms with van der Waals surface area (Å²) in [6.07, 6.45) is 0. The van der Waals surface area contributed by atoms with E-state index in [1.165, 1.54) is 49.4 Å². The summed E-state index contributed by atoms with van der Waals surface area (Å²) in [5.74, 6) is -2.62. The Labute approximate surface area is 160 Å². The second kappa shape index (κ2) is 7.00. The Kier molecular flexibility index (Phi) is 4.51. The van der Waals surface area contributed by atoms with Crippen LogP contribution >= 0.6 is 0 Å². The molecule has 0 fully saturated rings. The van der Waals surface area contributed by atoms with Gasteiger partial charge in [-0.3, -0.25) is 9.59 Å². The summed E-state index contributed by atoms with van der Waals surface area (Å²) < 4.78 is 33.1. The van der Waals surface area contributed by atoms with Crippen LogP contribution in [0.2, 0.25) is 0 Å². The molecule has 1 aliphatic rings. The van der Waals surface area contributed by atoms with Crippen molar-refractivity contribution in [2.45, 2.75) is 12.8 Å². The minimum Gasteiger partial charge on any atom is -0.457 e. The van der Waals surface area contributed by atoms with Crippen molar-refractivity contribution in [3.63, 3.8) is 0 Å². The van der Waals surface area contributed by atoms with Crippen molar-refractivity contribution >= 4 is 11.6 Å². The Morgan fingerprint density at radius 2 is 1.50 bits per heavy atom. The predicted octanol–water partition coefficient (Wildman–Crippen LogP) is 5.29. The summed E-state index contributed by atoms with van der Waals surface area (Å²) in [7, 11) is 0. The quantitative estimate of drug-likeness (QED) is 0.458. The Morgan fingerprint density at radius 3 is 2.21 bits per heavy atom. The van der Waals surface area contributed by atoms with Crippen LogP contribution < -0.4 is 4.74 Å². The lowest BCUT2D eigenvalue weighted by atomic mass is 9.74. The monoisotopic (exact) mass is 378 g/mol. The van der Waals surface area contributed by atoms with Gasteiger partial charge in [-0.15, -0.1) is 0 Å². The molecule has 1 heterocycles. The number of rotatable bonds is 4. The highest BCUT2D eigenvalue weighted by molar-refractivity contribution is 6.11. The topological polar surface area (TPSA) is 43.4 Å². The summed E-state index contributed by atoms with van der Waals surface area (Å²) in [5.41, 5.74) is 1.30. The summed E-state index contributed by atoms with van der Waals surface area (Å²) in [6.45, 7) is 1.34. The number of para-hydroxylation sites is 1. The molecule has 28 heavy (non-hydrogen) atoms. The van der Waals surface area contributed by atoms with Crippen LogP contribution in [0.15, 0.2) is 66.7 Å². The first-order valence-electron chi connectivity index (χ1n) is 8.82. The number of benzene rings is 3. The molecule has 3 aromatic carbocycles. The predicted molar refractivity (Wildman–Crippen MR) is 99.7 cm³/mol. The van der Waals surface area contributed by atoms with Gasteiger partial charge in [-0.05, 0) is 55.5 Å². The fraction of sp³-hybridized carbons (Fsp3) is 0.130. The van der Waals surface area contributed by atoms with Crippen molar-refractivity contribution < 1.29 is 23.1 Å². The Morgan fingerprint density at radius 1 is 0.857 bits per heavy atom. The van der Waals surface area contributed by atoms with Gasteiger partial charge in [0.2, 0.25) is 0 Å². The molecule has 0 aromatic heterocycles. The van der Waals surface area contributed by atoms with Crippen LogP contribution in [0.25, 0.3) is 0 Å². The smallest absolute Gasteiger partial charge is 0.174 e. The molecule has 0 spiro atoms. The van der Waals surface area contributed by atoms with Crippen molar-refractivity contribution in [3.8, 4) is 11.5 Å². The van der Waals surface area contributed by atoms with Crippen molar-refractivity contribution in [2.24, 2.45) is 5.92 Å². The highest BCUT2D eigenvalue weighted by Crippen LogP contribution is 2.48. The number of fused-ring (bicyclic) bond motifs is 2. The average molecular weight is 378 g/mol. The molecule has 0 bridgehead atoms. The fourth-order valence-corrected chi connectivity index (χ4v) is 3.70. The van der Waals surface area contributed by atoms with Crippen molar-refractivity contribution in [2.75, 3.05) is 0 Å². The van der Waals surface area contributed by atoms with Gasteiger partial charge in [-0.25, -0.2) is 8.78 Å². The third-order valence-electron chi connectivity index (χ3n) is 4.96. The molecule has 4 rings (SSSR count). The van der Waals surface area contributed by atoms with Gasteiger partial charge in [0.25, 0.3) is 0 Å². The number of carbonyl (C=O) groups excluding carboxylic acids is 2. The van der Waals surface area contributed by atoms with Gasteiger partial charge < -0.3 is 4.74 Å². The summed E-state index contributed by atoms with van der Waals surface area (Å²) in [6, 6.07) is 16.2. The zero-order chi connectivity index (χ0) is 19.8. The summed E-state index contributed by atoms with van der Waals surface area (Å²) >= 11 is 0. The average Bonchev–Trinajstić information content (AvgIpc) is 2.68. The largest absolute Gasteiger partial charge is 0.457 e. The van der Waals surface area contributed by atoms with Gasteiger partial charge in [0.15, 0.2) is 5.78 Å². The van der Waals surface area contributed by atoms with E-state index >= 15 is 0 Å². The van der Waals surface area contributed by atoms with E-state index in [2.05, 4.69) is 0 Å². The molecule has 0 aliphatic carbocycles. The lowest BCUT2D eigenvalue weighted by molar-refractivity contribution is -0.119. The van der Waals surface area contributed by atoms with E-state index in [1.54, 1.807) is 24.3 Å². The lowest BCUT2D eigenvalue weighted by Crippen LogP contribution is -2.31. The Bertz CT molecular complexity index is 1070. The second-order valence-electron chi connectivity index (χ2n) is 6.76. The molecule has 3 aromatic rings. The molecule has 0 saturated heterocycles. The van der Waals surface area contributed by atoms with Crippen LogP contribution in [-0.4, -0.2) is 11.6 Å². The highest BCUT2D eigenvalue weighted by Gasteiger charge is 2.40. The molecular weight excluding hydrogens is 362 g/mol. The maximum Gasteiger partial charge on any atom is 0.174 e. The number of ketones is 2. The first-order chi connectivity index (χ1) is 13.5. The van der Waals surface area contributed by atoms with E-state index in [0.717, 1.165) is 0 Å². The van der Waals surface area contributed by atoms with Gasteiger partial charge in [0.05, 0.1) is 5.92 Å². The van der Waals surface area contributed by atoms with Crippen molar-refractivity contribution in [1.82, 2.24) is 0 Å². The van der Waals surface area contributed by atoms with E-state index in [-0.39, 0.29) is 11.3 Å². The first-order valence-corrected chi connectivity index (χ1v) is 8.82. The Balaban J connectivity index is 1.89. The van der Waals surface area contributed by atoms with E-state index in [4.69, 9.17) is 4.74 Å². The van der Waals surface area contributed by atoms with Gasteiger partial charge in [-0.1, -0.05) is 18.2 Å². The second-order valence-corrected chi connectivity index (χ2v) is 6.76. The zero-order valence-electron chi connectivity index (χ0n) is 15.0. The summed E-state index contributed by atoms with van der Waals surface area (Å²) in [4.78, 5) is 25.8. The molecule has 5 heteroatoms. The number of ether oxygens (including phenoxy) is 1. The van der Waals surface area contributed by atoms with Crippen LogP contribution in [0.4, 0.5) is 8.78 Å². The maximum absolute atomic E-state index is 14.0. The third kappa shape index (κ3) is 3.09. The Hall–Kier alpha value is -3.34. The fourth-order valence-electron chi connectivity index (χ4n) is 3.70. The number of hydrogen-bond donors (Lipinski definition) is 0. The van der Waals surface area contributed by atoms with Crippen molar-refractivity contribution in [1.29, 1.82) is 0 Å². The molecule has 140 valence electrons. The normalized spacial score (nSPS) is 15.8. The van der Waals surface area contributed by atoms with Crippen LogP contribution in [0.1, 0.15) is 34.3 Å². The number of carbonyl (C=O) groups is 2. The van der Waals surface area contributed by atoms with E-state index in [0.29, 0.717) is 22.6 Å². The van der Waals surface area contributed by atoms with E-state index < -0.39 is 29.3 Å². The first kappa shape index (κ1) is 18.0. The van der Waals surface area contributed by atoms with Crippen LogP contribution in [-0.2, 0) is 4.79 Å². The van der Waals surface area contributed by atoms with Gasteiger partial charge >= 0.3 is 0 Å². The molecule has 0 N–H and O–H groups in total. The van der Waals surface area contributed by atoms with Gasteiger partial charge in [0, 0.05) is 22.6 Å². The number of hydrogen-bond acceptors (Lipinski definition) is 3. The van der Waals surface area contributed by atoms with Crippen LogP contribution in [0, 0.1) is 17.6 Å². The number of halogens is 2. The molecule has 0 amide bonds. The van der Waals surface area contributed by atoms with Crippen molar-refractivity contribution in [3.05, 3.63) is 95.1 Å². The van der Waals surface area contributed by atoms with E-state index in [9.17, 15) is 18.4 Å². The SMILES string of the molecule is CC(=O)[C@@H](C(=O)c1ccc(F)cc1)[C@H]1c2ccccc2Oc2ccc(F)cc21.